The first kappa shape index (κ1) is 15.3. The summed E-state index contributed by atoms with van der Waals surface area (Å²) in [6, 6.07) is 5.00. The number of aromatic amines is 1. The van der Waals surface area contributed by atoms with Crippen molar-refractivity contribution in [1.29, 1.82) is 0 Å². The SMILES string of the molecule is Fc1ccc2nc(C3CCCCN3CCCn3cncn3)[nH]c2c1. The molecule has 24 heavy (non-hydrogen) atoms. The van der Waals surface area contributed by atoms with Crippen molar-refractivity contribution in [3.8, 4) is 0 Å². The molecule has 1 aliphatic heterocycles. The molecule has 1 fully saturated rings. The summed E-state index contributed by atoms with van der Waals surface area (Å²) in [6.07, 6.45) is 7.85. The zero-order chi connectivity index (χ0) is 16.4. The highest BCUT2D eigenvalue weighted by molar-refractivity contribution is 5.75. The highest BCUT2D eigenvalue weighted by Gasteiger charge is 2.26. The maximum absolute atomic E-state index is 13.4. The minimum Gasteiger partial charge on any atom is -0.341 e. The minimum absolute atomic E-state index is 0.231. The molecule has 1 saturated heterocycles. The number of halogens is 1. The van der Waals surface area contributed by atoms with Crippen LogP contribution in [0.1, 0.15) is 37.5 Å². The molecule has 1 aromatic carbocycles. The van der Waals surface area contributed by atoms with Gasteiger partial charge in [-0.25, -0.2) is 14.4 Å². The first-order valence-electron chi connectivity index (χ1n) is 8.51. The van der Waals surface area contributed by atoms with Gasteiger partial charge >= 0.3 is 0 Å². The van der Waals surface area contributed by atoms with E-state index in [0.29, 0.717) is 0 Å². The fourth-order valence-electron chi connectivity index (χ4n) is 3.51. The minimum atomic E-state index is -0.231. The molecule has 1 unspecified atom stereocenters. The lowest BCUT2D eigenvalue weighted by Crippen LogP contribution is -2.35. The van der Waals surface area contributed by atoms with Gasteiger partial charge in [0.15, 0.2) is 0 Å². The van der Waals surface area contributed by atoms with E-state index >= 15 is 0 Å². The van der Waals surface area contributed by atoms with Gasteiger partial charge in [0.2, 0.25) is 0 Å². The topological polar surface area (TPSA) is 62.6 Å². The quantitative estimate of drug-likeness (QED) is 0.782. The Balaban J connectivity index is 1.47. The highest BCUT2D eigenvalue weighted by Crippen LogP contribution is 2.30. The summed E-state index contributed by atoms with van der Waals surface area (Å²) in [5.41, 5.74) is 1.61. The third-order valence-corrected chi connectivity index (χ3v) is 4.69. The molecule has 3 heterocycles. The van der Waals surface area contributed by atoms with E-state index in [-0.39, 0.29) is 11.9 Å². The lowest BCUT2D eigenvalue weighted by Gasteiger charge is -2.34. The Morgan fingerprint density at radius 2 is 2.21 bits per heavy atom. The van der Waals surface area contributed by atoms with Crippen LogP contribution in [-0.4, -0.2) is 42.7 Å². The highest BCUT2D eigenvalue weighted by atomic mass is 19.1. The number of aromatic nitrogens is 5. The predicted octanol–water partition coefficient (Wildman–Crippen LogP) is 2.91. The maximum atomic E-state index is 13.4. The number of piperidine rings is 1. The van der Waals surface area contributed by atoms with E-state index < -0.39 is 0 Å². The number of aryl methyl sites for hydroxylation is 1. The van der Waals surface area contributed by atoms with E-state index in [1.54, 1.807) is 18.7 Å². The number of imidazole rings is 1. The summed E-state index contributed by atoms with van der Waals surface area (Å²) in [5.74, 6) is 0.724. The van der Waals surface area contributed by atoms with Crippen molar-refractivity contribution in [3.05, 3.63) is 42.5 Å². The fraction of sp³-hybridized carbons (Fsp3) is 0.471. The van der Waals surface area contributed by atoms with Gasteiger partial charge in [0, 0.05) is 13.1 Å². The summed E-state index contributed by atoms with van der Waals surface area (Å²) in [5, 5.41) is 4.15. The average molecular weight is 328 g/mol. The second kappa shape index (κ2) is 6.68. The van der Waals surface area contributed by atoms with Gasteiger partial charge in [0.05, 0.1) is 17.1 Å². The van der Waals surface area contributed by atoms with E-state index in [1.165, 1.54) is 25.0 Å². The van der Waals surface area contributed by atoms with E-state index in [0.717, 1.165) is 49.3 Å². The molecule has 3 aromatic rings. The molecule has 2 aromatic heterocycles. The predicted molar refractivity (Wildman–Crippen MR) is 88.9 cm³/mol. The van der Waals surface area contributed by atoms with Gasteiger partial charge < -0.3 is 4.98 Å². The van der Waals surface area contributed by atoms with E-state index in [9.17, 15) is 4.39 Å². The molecule has 1 N–H and O–H groups in total. The Bertz CT molecular complexity index is 797. The zero-order valence-electron chi connectivity index (χ0n) is 13.5. The van der Waals surface area contributed by atoms with E-state index in [1.807, 2.05) is 4.68 Å². The normalized spacial score (nSPS) is 19.1. The second-order valence-corrected chi connectivity index (χ2v) is 6.34. The van der Waals surface area contributed by atoms with E-state index in [4.69, 9.17) is 4.98 Å². The van der Waals surface area contributed by atoms with Crippen molar-refractivity contribution >= 4 is 11.0 Å². The monoisotopic (exact) mass is 328 g/mol. The number of benzene rings is 1. The van der Waals surface area contributed by atoms with Crippen molar-refractivity contribution < 1.29 is 4.39 Å². The van der Waals surface area contributed by atoms with Gasteiger partial charge in [0.1, 0.15) is 24.3 Å². The van der Waals surface area contributed by atoms with Crippen LogP contribution in [0.2, 0.25) is 0 Å². The Morgan fingerprint density at radius 1 is 1.25 bits per heavy atom. The first-order chi connectivity index (χ1) is 11.8. The average Bonchev–Trinajstić information content (AvgIpc) is 3.24. The molecule has 0 amide bonds. The van der Waals surface area contributed by atoms with Gasteiger partial charge in [-0.1, -0.05) is 6.42 Å². The summed E-state index contributed by atoms with van der Waals surface area (Å²) in [6.45, 7) is 2.94. The van der Waals surface area contributed by atoms with Crippen molar-refractivity contribution in [3.63, 3.8) is 0 Å². The van der Waals surface area contributed by atoms with Crippen LogP contribution in [0, 0.1) is 5.82 Å². The zero-order valence-corrected chi connectivity index (χ0v) is 13.5. The van der Waals surface area contributed by atoms with Crippen LogP contribution >= 0.6 is 0 Å². The second-order valence-electron chi connectivity index (χ2n) is 6.34. The van der Waals surface area contributed by atoms with Crippen LogP contribution < -0.4 is 0 Å². The Morgan fingerprint density at radius 3 is 3.08 bits per heavy atom. The van der Waals surface area contributed by atoms with Gasteiger partial charge in [0.25, 0.3) is 0 Å². The first-order valence-corrected chi connectivity index (χ1v) is 8.51. The smallest absolute Gasteiger partial charge is 0.137 e. The number of hydrogen-bond donors (Lipinski definition) is 1. The standard InChI is InChI=1S/C17H21FN6/c18-13-5-6-14-15(10-13)22-17(21-14)16-4-1-2-7-23(16)8-3-9-24-12-19-11-20-24/h5-6,10-12,16H,1-4,7-9H2,(H,21,22). The van der Waals surface area contributed by atoms with Crippen molar-refractivity contribution in [1.82, 2.24) is 29.6 Å². The van der Waals surface area contributed by atoms with Crippen LogP contribution in [0.5, 0.6) is 0 Å². The molecular formula is C17H21FN6. The lowest BCUT2D eigenvalue weighted by molar-refractivity contribution is 0.138. The Labute approximate surface area is 139 Å². The largest absolute Gasteiger partial charge is 0.341 e. The van der Waals surface area contributed by atoms with Crippen molar-refractivity contribution in [2.45, 2.75) is 38.3 Å². The lowest BCUT2D eigenvalue weighted by atomic mass is 10.0. The third-order valence-electron chi connectivity index (χ3n) is 4.69. The van der Waals surface area contributed by atoms with Gasteiger partial charge in [-0.3, -0.25) is 9.58 Å². The molecule has 0 radical (unpaired) electrons. The molecule has 0 saturated carbocycles. The number of nitrogens with one attached hydrogen (secondary N) is 1. The number of hydrogen-bond acceptors (Lipinski definition) is 4. The molecule has 4 rings (SSSR count). The Hall–Kier alpha value is -2.28. The Kier molecular flexibility index (Phi) is 4.25. The van der Waals surface area contributed by atoms with Crippen LogP contribution in [0.25, 0.3) is 11.0 Å². The van der Waals surface area contributed by atoms with Gasteiger partial charge in [-0.05, 0) is 44.0 Å². The maximum Gasteiger partial charge on any atom is 0.137 e. The molecule has 0 aliphatic carbocycles. The summed E-state index contributed by atoms with van der Waals surface area (Å²) >= 11 is 0. The third kappa shape index (κ3) is 3.17. The summed E-state index contributed by atoms with van der Waals surface area (Å²) < 4.78 is 15.3. The number of nitrogens with zero attached hydrogens (tertiary/aromatic N) is 5. The molecule has 7 heteroatoms. The van der Waals surface area contributed by atoms with Crippen LogP contribution in [0.4, 0.5) is 4.39 Å². The number of H-pyrrole nitrogens is 1. The van der Waals surface area contributed by atoms with Gasteiger partial charge in [-0.15, -0.1) is 0 Å². The van der Waals surface area contributed by atoms with Crippen molar-refractivity contribution in [2.24, 2.45) is 0 Å². The molecule has 6 nitrogen and oxygen atoms in total. The fourth-order valence-corrected chi connectivity index (χ4v) is 3.51. The number of fused-ring (bicyclic) bond motifs is 1. The van der Waals surface area contributed by atoms with Crippen LogP contribution in [-0.2, 0) is 6.54 Å². The molecule has 126 valence electrons. The summed E-state index contributed by atoms with van der Waals surface area (Å²) in [7, 11) is 0. The van der Waals surface area contributed by atoms with Gasteiger partial charge in [-0.2, -0.15) is 5.10 Å². The summed E-state index contributed by atoms with van der Waals surface area (Å²) in [4.78, 5) is 14.5. The van der Waals surface area contributed by atoms with Crippen molar-refractivity contribution in [2.75, 3.05) is 13.1 Å². The molecule has 1 aliphatic rings. The number of likely N-dealkylation sites (tertiary alicyclic amines) is 1. The van der Waals surface area contributed by atoms with Crippen LogP contribution in [0.15, 0.2) is 30.9 Å². The molecule has 1 atom stereocenters. The molecular weight excluding hydrogens is 307 g/mol. The molecule has 0 spiro atoms. The van der Waals surface area contributed by atoms with Crippen LogP contribution in [0.3, 0.4) is 0 Å². The number of rotatable bonds is 5. The molecule has 0 bridgehead atoms. The van der Waals surface area contributed by atoms with E-state index in [2.05, 4.69) is 20.0 Å².